The van der Waals surface area contributed by atoms with Crippen LogP contribution in [0.25, 0.3) is 22.1 Å². The third-order valence-corrected chi connectivity index (χ3v) is 3.56. The van der Waals surface area contributed by atoms with E-state index in [-0.39, 0.29) is 0 Å². The molecule has 0 bridgehead atoms. The van der Waals surface area contributed by atoms with Crippen LogP contribution >= 0.6 is 0 Å². The van der Waals surface area contributed by atoms with Gasteiger partial charge in [0.1, 0.15) is 5.52 Å². The minimum Gasteiger partial charge on any atom is -0.338 e. The highest BCUT2D eigenvalue weighted by Gasteiger charge is 2.15. The predicted molar refractivity (Wildman–Crippen MR) is 68.0 cm³/mol. The lowest BCUT2D eigenvalue weighted by Gasteiger charge is -2.12. The van der Waals surface area contributed by atoms with Crippen LogP contribution in [-0.2, 0) is 12.8 Å². The molecule has 4 rings (SSSR count). The minimum absolute atomic E-state index is 0.937. The van der Waals surface area contributed by atoms with Gasteiger partial charge in [-0.25, -0.2) is 9.97 Å². The second kappa shape index (κ2) is 3.29. The molecule has 3 nitrogen and oxygen atoms in total. The highest BCUT2D eigenvalue weighted by molar-refractivity contribution is 6.03. The SMILES string of the molecule is c1ccc2c(c1)[nH]c1nc3c(nc12)CCCC3. The second-order valence-corrected chi connectivity index (χ2v) is 4.69. The molecule has 0 aliphatic heterocycles. The maximum absolute atomic E-state index is 4.81. The summed E-state index contributed by atoms with van der Waals surface area (Å²) in [6, 6.07) is 8.28. The van der Waals surface area contributed by atoms with E-state index in [0.29, 0.717) is 0 Å². The van der Waals surface area contributed by atoms with Crippen LogP contribution < -0.4 is 0 Å². The smallest absolute Gasteiger partial charge is 0.157 e. The molecule has 0 spiro atoms. The first kappa shape index (κ1) is 9.16. The Kier molecular flexibility index (Phi) is 1.78. The van der Waals surface area contributed by atoms with E-state index < -0.39 is 0 Å². The molecule has 2 heterocycles. The molecule has 0 saturated carbocycles. The Morgan fingerprint density at radius 2 is 1.71 bits per heavy atom. The van der Waals surface area contributed by atoms with Crippen molar-refractivity contribution >= 4 is 22.1 Å². The normalized spacial score (nSPS) is 15.3. The second-order valence-electron chi connectivity index (χ2n) is 4.69. The van der Waals surface area contributed by atoms with Crippen LogP contribution in [0, 0.1) is 0 Å². The van der Waals surface area contributed by atoms with Gasteiger partial charge in [-0.1, -0.05) is 18.2 Å². The highest BCUT2D eigenvalue weighted by atomic mass is 14.9. The van der Waals surface area contributed by atoms with Gasteiger partial charge in [0.25, 0.3) is 0 Å². The Balaban J connectivity index is 2.12. The van der Waals surface area contributed by atoms with Gasteiger partial charge < -0.3 is 4.98 Å². The Hall–Kier alpha value is -1.90. The number of para-hydroxylation sites is 1. The van der Waals surface area contributed by atoms with Gasteiger partial charge in [0.15, 0.2) is 5.65 Å². The van der Waals surface area contributed by atoms with E-state index >= 15 is 0 Å². The molecular formula is C14H13N3. The predicted octanol–water partition coefficient (Wildman–Crippen LogP) is 2.99. The molecule has 1 aliphatic carbocycles. The Morgan fingerprint density at radius 3 is 2.59 bits per heavy atom. The van der Waals surface area contributed by atoms with Crippen molar-refractivity contribution < 1.29 is 0 Å². The first-order valence-electron chi connectivity index (χ1n) is 6.18. The molecule has 84 valence electrons. The summed E-state index contributed by atoms with van der Waals surface area (Å²) in [6.45, 7) is 0. The van der Waals surface area contributed by atoms with Crippen molar-refractivity contribution in [2.45, 2.75) is 25.7 Å². The molecule has 17 heavy (non-hydrogen) atoms. The van der Waals surface area contributed by atoms with E-state index in [4.69, 9.17) is 9.97 Å². The van der Waals surface area contributed by atoms with Crippen LogP contribution in [0.2, 0.25) is 0 Å². The number of hydrogen-bond acceptors (Lipinski definition) is 2. The number of nitrogens with zero attached hydrogens (tertiary/aromatic N) is 2. The Bertz CT molecular complexity index is 712. The quantitative estimate of drug-likeness (QED) is 0.636. The zero-order chi connectivity index (χ0) is 11.2. The number of rotatable bonds is 0. The van der Waals surface area contributed by atoms with Gasteiger partial charge in [-0.05, 0) is 31.7 Å². The third-order valence-electron chi connectivity index (χ3n) is 3.56. The van der Waals surface area contributed by atoms with Crippen molar-refractivity contribution in [3.63, 3.8) is 0 Å². The fraction of sp³-hybridized carbons (Fsp3) is 0.286. The van der Waals surface area contributed by atoms with Crippen molar-refractivity contribution in [2.24, 2.45) is 0 Å². The third kappa shape index (κ3) is 1.28. The number of fused-ring (bicyclic) bond motifs is 4. The lowest BCUT2D eigenvalue weighted by Crippen LogP contribution is -2.07. The van der Waals surface area contributed by atoms with Crippen molar-refractivity contribution in [3.05, 3.63) is 35.7 Å². The molecule has 0 radical (unpaired) electrons. The van der Waals surface area contributed by atoms with Crippen LogP contribution in [0.15, 0.2) is 24.3 Å². The number of aryl methyl sites for hydroxylation is 2. The van der Waals surface area contributed by atoms with Gasteiger partial charge in [0.05, 0.1) is 11.4 Å². The zero-order valence-electron chi connectivity index (χ0n) is 9.53. The van der Waals surface area contributed by atoms with Crippen LogP contribution in [0.5, 0.6) is 0 Å². The first-order chi connectivity index (χ1) is 8.42. The molecule has 3 heteroatoms. The van der Waals surface area contributed by atoms with Gasteiger partial charge >= 0.3 is 0 Å². The molecule has 0 atom stereocenters. The van der Waals surface area contributed by atoms with Crippen molar-refractivity contribution in [3.8, 4) is 0 Å². The van der Waals surface area contributed by atoms with Crippen LogP contribution in [0.1, 0.15) is 24.2 Å². The summed E-state index contributed by atoms with van der Waals surface area (Å²) in [6.07, 6.45) is 4.65. The minimum atomic E-state index is 0.937. The van der Waals surface area contributed by atoms with Crippen molar-refractivity contribution in [1.82, 2.24) is 15.0 Å². The lowest BCUT2D eigenvalue weighted by molar-refractivity contribution is 0.655. The number of aromatic nitrogens is 3. The van der Waals surface area contributed by atoms with E-state index in [1.165, 1.54) is 29.6 Å². The Morgan fingerprint density at radius 1 is 0.941 bits per heavy atom. The average Bonchev–Trinajstić information content (AvgIpc) is 2.73. The summed E-state index contributed by atoms with van der Waals surface area (Å²) in [4.78, 5) is 12.9. The largest absolute Gasteiger partial charge is 0.338 e. The molecule has 0 amide bonds. The van der Waals surface area contributed by atoms with Gasteiger partial charge in [0.2, 0.25) is 0 Å². The standard InChI is InChI=1S/C14H13N3/c1-2-6-10-9(5-1)13-14(16-10)17-12-8-4-3-7-11(12)15-13/h1-2,5-6H,3-4,7-8H2,(H,16,17). The number of H-pyrrole nitrogens is 1. The summed E-state index contributed by atoms with van der Waals surface area (Å²) in [7, 11) is 0. The molecule has 2 aromatic heterocycles. The summed E-state index contributed by atoms with van der Waals surface area (Å²) in [5.41, 5.74) is 5.49. The van der Waals surface area contributed by atoms with E-state index in [1.54, 1.807) is 0 Å². The summed E-state index contributed by atoms with van der Waals surface area (Å²) in [5.74, 6) is 0. The first-order valence-corrected chi connectivity index (χ1v) is 6.18. The van der Waals surface area contributed by atoms with Crippen LogP contribution in [-0.4, -0.2) is 15.0 Å². The van der Waals surface area contributed by atoms with Gasteiger partial charge in [-0.15, -0.1) is 0 Å². The van der Waals surface area contributed by atoms with Crippen molar-refractivity contribution in [1.29, 1.82) is 0 Å². The maximum Gasteiger partial charge on any atom is 0.157 e. The van der Waals surface area contributed by atoms with Gasteiger partial charge in [-0.2, -0.15) is 0 Å². The number of aromatic amines is 1. The molecule has 1 N–H and O–H groups in total. The maximum atomic E-state index is 4.81. The molecular weight excluding hydrogens is 210 g/mol. The van der Waals surface area contributed by atoms with E-state index in [2.05, 4.69) is 23.2 Å². The van der Waals surface area contributed by atoms with E-state index in [9.17, 15) is 0 Å². The monoisotopic (exact) mass is 223 g/mol. The van der Waals surface area contributed by atoms with Gasteiger partial charge in [0, 0.05) is 10.9 Å². The molecule has 3 aromatic rings. The Labute approximate surface area is 98.9 Å². The number of nitrogens with one attached hydrogen (secondary N) is 1. The molecule has 0 saturated heterocycles. The lowest BCUT2D eigenvalue weighted by atomic mass is 10.0. The van der Waals surface area contributed by atoms with Crippen LogP contribution in [0.3, 0.4) is 0 Å². The highest BCUT2D eigenvalue weighted by Crippen LogP contribution is 2.26. The fourth-order valence-corrected chi connectivity index (χ4v) is 2.69. The molecule has 1 aliphatic rings. The zero-order valence-corrected chi connectivity index (χ0v) is 9.53. The summed E-state index contributed by atoms with van der Waals surface area (Å²) >= 11 is 0. The van der Waals surface area contributed by atoms with Crippen molar-refractivity contribution in [2.75, 3.05) is 0 Å². The average molecular weight is 223 g/mol. The van der Waals surface area contributed by atoms with E-state index in [0.717, 1.165) is 29.5 Å². The topological polar surface area (TPSA) is 41.6 Å². The molecule has 0 fully saturated rings. The summed E-state index contributed by atoms with van der Waals surface area (Å²) in [5, 5.41) is 1.18. The van der Waals surface area contributed by atoms with Crippen LogP contribution in [0.4, 0.5) is 0 Å². The number of hydrogen-bond donors (Lipinski definition) is 1. The van der Waals surface area contributed by atoms with Gasteiger partial charge in [-0.3, -0.25) is 0 Å². The fourth-order valence-electron chi connectivity index (χ4n) is 2.69. The molecule has 1 aromatic carbocycles. The molecule has 0 unspecified atom stereocenters. The van der Waals surface area contributed by atoms with E-state index in [1.807, 2.05) is 6.07 Å². The number of benzene rings is 1. The summed E-state index contributed by atoms with van der Waals surface area (Å²) < 4.78 is 0.